The van der Waals surface area contributed by atoms with Crippen molar-refractivity contribution in [2.45, 2.75) is 51.1 Å². The standard InChI is InChI=1S/C11H22N2O2/c1-9(8-14)13-11(15)6-5-10-4-2-3-7-12-10/h9-10,12,14H,2-8H2,1H3,(H,13,15)/t9-,10?/m0/s1. The first-order valence-corrected chi connectivity index (χ1v) is 5.86. The summed E-state index contributed by atoms with van der Waals surface area (Å²) in [6, 6.07) is 0.380. The molecule has 0 saturated carbocycles. The summed E-state index contributed by atoms with van der Waals surface area (Å²) >= 11 is 0. The second-order valence-corrected chi connectivity index (χ2v) is 4.34. The Morgan fingerprint density at radius 1 is 1.60 bits per heavy atom. The Morgan fingerprint density at radius 3 is 3.00 bits per heavy atom. The molecule has 1 amide bonds. The van der Waals surface area contributed by atoms with Gasteiger partial charge in [0.2, 0.25) is 5.91 Å². The van der Waals surface area contributed by atoms with Crippen LogP contribution in [0.3, 0.4) is 0 Å². The van der Waals surface area contributed by atoms with Crippen LogP contribution in [0.25, 0.3) is 0 Å². The summed E-state index contributed by atoms with van der Waals surface area (Å²) in [4.78, 5) is 11.4. The van der Waals surface area contributed by atoms with Crippen molar-refractivity contribution in [1.82, 2.24) is 10.6 Å². The fourth-order valence-corrected chi connectivity index (χ4v) is 1.87. The Bertz CT molecular complexity index is 191. The highest BCUT2D eigenvalue weighted by Crippen LogP contribution is 2.11. The lowest BCUT2D eigenvalue weighted by Gasteiger charge is -2.23. The molecule has 3 N–H and O–H groups in total. The Hall–Kier alpha value is -0.610. The highest BCUT2D eigenvalue weighted by atomic mass is 16.3. The molecule has 1 rings (SSSR count). The summed E-state index contributed by atoms with van der Waals surface area (Å²) in [6.07, 6.45) is 5.17. The molecule has 0 spiro atoms. The van der Waals surface area contributed by atoms with E-state index >= 15 is 0 Å². The van der Waals surface area contributed by atoms with Gasteiger partial charge in [-0.15, -0.1) is 0 Å². The second-order valence-electron chi connectivity index (χ2n) is 4.34. The van der Waals surface area contributed by atoms with Gasteiger partial charge in [-0.1, -0.05) is 6.42 Å². The first-order chi connectivity index (χ1) is 7.22. The number of amides is 1. The van der Waals surface area contributed by atoms with Crippen molar-refractivity contribution >= 4 is 5.91 Å². The summed E-state index contributed by atoms with van der Waals surface area (Å²) in [5, 5.41) is 14.9. The molecule has 4 heteroatoms. The van der Waals surface area contributed by atoms with Gasteiger partial charge in [0.15, 0.2) is 0 Å². The summed E-state index contributed by atoms with van der Waals surface area (Å²) in [5.41, 5.74) is 0. The van der Waals surface area contributed by atoms with E-state index in [1.807, 2.05) is 0 Å². The average molecular weight is 214 g/mol. The molecule has 0 aliphatic carbocycles. The number of carbonyl (C=O) groups excluding carboxylic acids is 1. The minimum absolute atomic E-state index is 0.00736. The highest BCUT2D eigenvalue weighted by Gasteiger charge is 2.14. The molecule has 1 fully saturated rings. The second kappa shape index (κ2) is 6.80. The number of aliphatic hydroxyl groups excluding tert-OH is 1. The van der Waals surface area contributed by atoms with Crippen molar-refractivity contribution in [2.24, 2.45) is 0 Å². The van der Waals surface area contributed by atoms with Gasteiger partial charge in [-0.2, -0.15) is 0 Å². The molecule has 0 aromatic heterocycles. The van der Waals surface area contributed by atoms with Crippen LogP contribution in [0.2, 0.25) is 0 Å². The van der Waals surface area contributed by atoms with Crippen LogP contribution in [0.4, 0.5) is 0 Å². The van der Waals surface area contributed by atoms with E-state index in [2.05, 4.69) is 10.6 Å². The molecule has 2 atom stereocenters. The maximum absolute atomic E-state index is 11.4. The van der Waals surface area contributed by atoms with Gasteiger partial charge < -0.3 is 15.7 Å². The minimum atomic E-state index is -0.128. The Morgan fingerprint density at radius 2 is 2.40 bits per heavy atom. The van der Waals surface area contributed by atoms with Crippen molar-refractivity contribution in [3.8, 4) is 0 Å². The lowest BCUT2D eigenvalue weighted by molar-refractivity contribution is -0.122. The van der Waals surface area contributed by atoms with Crippen molar-refractivity contribution in [2.75, 3.05) is 13.2 Å². The van der Waals surface area contributed by atoms with E-state index in [0.29, 0.717) is 12.5 Å². The molecule has 88 valence electrons. The molecule has 0 aromatic carbocycles. The van der Waals surface area contributed by atoms with Crippen LogP contribution in [-0.2, 0) is 4.79 Å². The first-order valence-electron chi connectivity index (χ1n) is 5.86. The fraction of sp³-hybridized carbons (Fsp3) is 0.909. The van der Waals surface area contributed by atoms with Crippen LogP contribution >= 0.6 is 0 Å². The van der Waals surface area contributed by atoms with Crippen LogP contribution in [0.5, 0.6) is 0 Å². The molecule has 1 saturated heterocycles. The summed E-state index contributed by atoms with van der Waals surface area (Å²) in [5.74, 6) is 0.0453. The quantitative estimate of drug-likeness (QED) is 0.621. The largest absolute Gasteiger partial charge is 0.394 e. The van der Waals surface area contributed by atoms with Gasteiger partial charge in [-0.05, 0) is 32.7 Å². The van der Waals surface area contributed by atoms with Crippen LogP contribution in [0.1, 0.15) is 39.0 Å². The zero-order valence-electron chi connectivity index (χ0n) is 9.46. The summed E-state index contributed by atoms with van der Waals surface area (Å²) < 4.78 is 0. The monoisotopic (exact) mass is 214 g/mol. The van der Waals surface area contributed by atoms with Crippen molar-refractivity contribution in [3.63, 3.8) is 0 Å². The zero-order valence-corrected chi connectivity index (χ0v) is 9.46. The molecule has 0 bridgehead atoms. The van der Waals surface area contributed by atoms with Crippen LogP contribution in [-0.4, -0.2) is 36.2 Å². The van der Waals surface area contributed by atoms with Gasteiger partial charge in [0.25, 0.3) is 0 Å². The molecule has 1 aliphatic rings. The predicted octanol–water partition coefficient (Wildman–Crippen LogP) is 0.406. The van der Waals surface area contributed by atoms with E-state index in [1.165, 1.54) is 19.3 Å². The van der Waals surface area contributed by atoms with Gasteiger partial charge in [-0.25, -0.2) is 0 Å². The average Bonchev–Trinajstić information content (AvgIpc) is 2.27. The van der Waals surface area contributed by atoms with E-state index in [-0.39, 0.29) is 18.6 Å². The van der Waals surface area contributed by atoms with Crippen molar-refractivity contribution < 1.29 is 9.90 Å². The third-order valence-corrected chi connectivity index (χ3v) is 2.81. The lowest BCUT2D eigenvalue weighted by Crippen LogP contribution is -2.38. The number of rotatable bonds is 5. The molecule has 0 aromatic rings. The minimum Gasteiger partial charge on any atom is -0.394 e. The van der Waals surface area contributed by atoms with E-state index in [9.17, 15) is 4.79 Å². The number of aliphatic hydroxyl groups is 1. The summed E-state index contributed by atoms with van der Waals surface area (Å²) in [6.45, 7) is 2.89. The number of carbonyl (C=O) groups is 1. The number of hydrogen-bond donors (Lipinski definition) is 3. The van der Waals surface area contributed by atoms with Crippen LogP contribution < -0.4 is 10.6 Å². The maximum atomic E-state index is 11.4. The lowest BCUT2D eigenvalue weighted by atomic mass is 10.0. The molecular formula is C11H22N2O2. The van der Waals surface area contributed by atoms with E-state index in [0.717, 1.165) is 13.0 Å². The van der Waals surface area contributed by atoms with E-state index in [4.69, 9.17) is 5.11 Å². The Balaban J connectivity index is 2.10. The molecule has 1 aliphatic heterocycles. The van der Waals surface area contributed by atoms with Crippen LogP contribution in [0.15, 0.2) is 0 Å². The topological polar surface area (TPSA) is 61.4 Å². The maximum Gasteiger partial charge on any atom is 0.220 e. The SMILES string of the molecule is C[C@@H](CO)NC(=O)CCC1CCCCN1. The van der Waals surface area contributed by atoms with Gasteiger partial charge in [0, 0.05) is 18.5 Å². The molecule has 4 nitrogen and oxygen atoms in total. The highest BCUT2D eigenvalue weighted by molar-refractivity contribution is 5.76. The van der Waals surface area contributed by atoms with Crippen molar-refractivity contribution in [3.05, 3.63) is 0 Å². The van der Waals surface area contributed by atoms with E-state index < -0.39 is 0 Å². The molecule has 1 heterocycles. The number of hydrogen-bond acceptors (Lipinski definition) is 3. The predicted molar refractivity (Wildman–Crippen MR) is 59.6 cm³/mol. The van der Waals surface area contributed by atoms with Gasteiger partial charge >= 0.3 is 0 Å². The van der Waals surface area contributed by atoms with Gasteiger partial charge in [0.05, 0.1) is 6.61 Å². The third kappa shape index (κ3) is 5.14. The van der Waals surface area contributed by atoms with Crippen molar-refractivity contribution in [1.29, 1.82) is 0 Å². The smallest absolute Gasteiger partial charge is 0.220 e. The Kier molecular flexibility index (Phi) is 5.65. The fourth-order valence-electron chi connectivity index (χ4n) is 1.87. The Labute approximate surface area is 91.4 Å². The molecule has 15 heavy (non-hydrogen) atoms. The number of nitrogens with one attached hydrogen (secondary N) is 2. The molecular weight excluding hydrogens is 192 g/mol. The van der Waals surface area contributed by atoms with Gasteiger partial charge in [-0.3, -0.25) is 4.79 Å². The zero-order chi connectivity index (χ0) is 11.1. The van der Waals surface area contributed by atoms with Crippen LogP contribution in [0, 0.1) is 0 Å². The summed E-state index contributed by atoms with van der Waals surface area (Å²) in [7, 11) is 0. The van der Waals surface area contributed by atoms with Gasteiger partial charge in [0.1, 0.15) is 0 Å². The first kappa shape index (κ1) is 12.5. The number of piperidine rings is 1. The molecule has 1 unspecified atom stereocenters. The van der Waals surface area contributed by atoms with E-state index in [1.54, 1.807) is 6.92 Å². The third-order valence-electron chi connectivity index (χ3n) is 2.81. The normalized spacial score (nSPS) is 23.5. The molecule has 0 radical (unpaired) electrons.